The van der Waals surface area contributed by atoms with Gasteiger partial charge in [0.1, 0.15) is 16.3 Å². The molecule has 2 aromatic rings. The quantitative estimate of drug-likeness (QED) is 0.647. The van der Waals surface area contributed by atoms with Gasteiger partial charge >= 0.3 is 0 Å². The summed E-state index contributed by atoms with van der Waals surface area (Å²) in [6.45, 7) is 2.94. The van der Waals surface area contributed by atoms with Gasteiger partial charge in [-0.25, -0.2) is 9.19 Å². The van der Waals surface area contributed by atoms with Gasteiger partial charge in [-0.3, -0.25) is 0 Å². The fraction of sp³-hybridized carbons (Fsp3) is 0.364. The molecule has 2 rings (SSSR count). The normalized spacial score (nSPS) is 13.0. The third-order valence-corrected chi connectivity index (χ3v) is 3.31. The van der Waals surface area contributed by atoms with E-state index >= 15 is 0 Å². The molecule has 1 unspecified atom stereocenters. The number of aromatic nitrogens is 1. The van der Waals surface area contributed by atoms with Gasteiger partial charge in [0.2, 0.25) is 0 Å². The van der Waals surface area contributed by atoms with Gasteiger partial charge in [0.15, 0.2) is 5.58 Å². The van der Waals surface area contributed by atoms with Crippen LogP contribution < -0.4 is 5.73 Å². The molecular formula is C11H14N2O3S. The van der Waals surface area contributed by atoms with Crippen molar-refractivity contribution >= 4 is 27.6 Å². The van der Waals surface area contributed by atoms with Crippen molar-refractivity contribution in [3.63, 3.8) is 0 Å². The van der Waals surface area contributed by atoms with Crippen molar-refractivity contribution in [1.29, 1.82) is 0 Å². The highest BCUT2D eigenvalue weighted by Crippen LogP contribution is 2.20. The van der Waals surface area contributed by atoms with Gasteiger partial charge in [-0.1, -0.05) is 0 Å². The number of ether oxygens (including phenoxy) is 1. The average molecular weight is 254 g/mol. The van der Waals surface area contributed by atoms with Crippen LogP contribution in [0.5, 0.6) is 0 Å². The van der Waals surface area contributed by atoms with Crippen LogP contribution in [-0.4, -0.2) is 28.2 Å². The lowest BCUT2D eigenvalue weighted by Gasteiger charge is -1.97. The van der Waals surface area contributed by atoms with E-state index in [4.69, 9.17) is 14.9 Å². The SMILES string of the molecule is CCOCCS(=O)c1nc2cc(N)ccc2o1. The maximum atomic E-state index is 11.8. The second-order valence-corrected chi connectivity index (χ2v) is 4.90. The number of benzene rings is 1. The Bertz CT molecular complexity index is 538. The number of hydrogen-bond donors (Lipinski definition) is 1. The second kappa shape index (κ2) is 5.29. The van der Waals surface area contributed by atoms with E-state index in [0.717, 1.165) is 0 Å². The van der Waals surface area contributed by atoms with Crippen molar-refractivity contribution < 1.29 is 13.4 Å². The Morgan fingerprint density at radius 1 is 1.53 bits per heavy atom. The topological polar surface area (TPSA) is 78.3 Å². The molecule has 5 nitrogen and oxygen atoms in total. The van der Waals surface area contributed by atoms with Crippen LogP contribution >= 0.6 is 0 Å². The fourth-order valence-corrected chi connectivity index (χ4v) is 2.21. The lowest BCUT2D eigenvalue weighted by molar-refractivity contribution is 0.164. The van der Waals surface area contributed by atoms with E-state index in [0.29, 0.717) is 35.8 Å². The summed E-state index contributed by atoms with van der Waals surface area (Å²) in [5.41, 5.74) is 7.46. The number of nitrogens with two attached hydrogens (primary N) is 1. The van der Waals surface area contributed by atoms with Crippen LogP contribution in [0.1, 0.15) is 6.92 Å². The van der Waals surface area contributed by atoms with Gasteiger partial charge in [0.05, 0.1) is 12.4 Å². The number of rotatable bonds is 5. The molecule has 1 aromatic carbocycles. The van der Waals surface area contributed by atoms with Crippen molar-refractivity contribution in [2.45, 2.75) is 12.1 Å². The summed E-state index contributed by atoms with van der Waals surface area (Å²) < 4.78 is 22.3. The number of anilines is 1. The van der Waals surface area contributed by atoms with E-state index in [9.17, 15) is 4.21 Å². The molecule has 92 valence electrons. The smallest absolute Gasteiger partial charge is 0.288 e. The lowest BCUT2D eigenvalue weighted by Crippen LogP contribution is -2.06. The van der Waals surface area contributed by atoms with E-state index in [1.54, 1.807) is 18.2 Å². The molecule has 0 aliphatic carbocycles. The van der Waals surface area contributed by atoms with Crippen molar-refractivity contribution in [3.05, 3.63) is 18.2 Å². The van der Waals surface area contributed by atoms with Crippen molar-refractivity contribution in [2.24, 2.45) is 0 Å². The van der Waals surface area contributed by atoms with Gasteiger partial charge in [-0.15, -0.1) is 0 Å². The Kier molecular flexibility index (Phi) is 3.75. The first kappa shape index (κ1) is 12.1. The maximum absolute atomic E-state index is 11.8. The summed E-state index contributed by atoms with van der Waals surface area (Å²) in [4.78, 5) is 4.15. The Balaban J connectivity index is 2.15. The highest BCUT2D eigenvalue weighted by atomic mass is 32.2. The number of nitrogen functional groups attached to an aromatic ring is 1. The highest BCUT2D eigenvalue weighted by molar-refractivity contribution is 7.84. The van der Waals surface area contributed by atoms with E-state index in [1.807, 2.05) is 6.92 Å². The van der Waals surface area contributed by atoms with E-state index in [1.165, 1.54) is 0 Å². The van der Waals surface area contributed by atoms with Crippen LogP contribution in [0.4, 0.5) is 5.69 Å². The van der Waals surface area contributed by atoms with Crippen LogP contribution in [-0.2, 0) is 15.5 Å². The Morgan fingerprint density at radius 2 is 2.35 bits per heavy atom. The van der Waals surface area contributed by atoms with Gasteiger partial charge in [0, 0.05) is 12.3 Å². The van der Waals surface area contributed by atoms with E-state index < -0.39 is 10.8 Å². The summed E-state index contributed by atoms with van der Waals surface area (Å²) in [6, 6.07) is 5.14. The molecular weight excluding hydrogens is 240 g/mol. The molecule has 0 amide bonds. The minimum atomic E-state index is -1.27. The third kappa shape index (κ3) is 2.83. The van der Waals surface area contributed by atoms with E-state index in [2.05, 4.69) is 4.98 Å². The second-order valence-electron chi connectivity index (χ2n) is 3.45. The molecule has 17 heavy (non-hydrogen) atoms. The van der Waals surface area contributed by atoms with Crippen LogP contribution in [0.15, 0.2) is 27.8 Å². The molecule has 0 radical (unpaired) electrons. The first-order valence-corrected chi connectivity index (χ1v) is 6.65. The molecule has 0 saturated heterocycles. The highest BCUT2D eigenvalue weighted by Gasteiger charge is 2.12. The number of nitrogens with zero attached hydrogens (tertiary/aromatic N) is 1. The predicted molar refractivity (Wildman–Crippen MR) is 66.2 cm³/mol. The number of oxazole rings is 1. The predicted octanol–water partition coefficient (Wildman–Crippen LogP) is 1.55. The van der Waals surface area contributed by atoms with Gasteiger partial charge in [-0.2, -0.15) is 0 Å². The molecule has 6 heteroatoms. The summed E-state index contributed by atoms with van der Waals surface area (Å²) in [6.07, 6.45) is 0. The number of fused-ring (bicyclic) bond motifs is 1. The van der Waals surface area contributed by atoms with Gasteiger partial charge in [0.25, 0.3) is 5.22 Å². The van der Waals surface area contributed by atoms with Gasteiger partial charge < -0.3 is 14.9 Å². The van der Waals surface area contributed by atoms with Crippen LogP contribution in [0.25, 0.3) is 11.1 Å². The van der Waals surface area contributed by atoms with Crippen LogP contribution in [0.3, 0.4) is 0 Å². The Hall–Kier alpha value is -1.40. The average Bonchev–Trinajstić information content (AvgIpc) is 2.72. The molecule has 0 saturated carbocycles. The molecule has 0 fully saturated rings. The zero-order valence-corrected chi connectivity index (χ0v) is 10.3. The van der Waals surface area contributed by atoms with Crippen LogP contribution in [0, 0.1) is 0 Å². The molecule has 1 aromatic heterocycles. The number of hydrogen-bond acceptors (Lipinski definition) is 5. The van der Waals surface area contributed by atoms with Crippen LogP contribution in [0.2, 0.25) is 0 Å². The molecule has 1 atom stereocenters. The zero-order valence-electron chi connectivity index (χ0n) is 9.51. The minimum Gasteiger partial charge on any atom is -0.430 e. The Labute approximate surface area is 101 Å². The monoisotopic (exact) mass is 254 g/mol. The first-order valence-electron chi connectivity index (χ1n) is 5.33. The van der Waals surface area contributed by atoms with Gasteiger partial charge in [-0.05, 0) is 25.1 Å². The molecule has 2 N–H and O–H groups in total. The molecule has 1 heterocycles. The Morgan fingerprint density at radius 3 is 3.12 bits per heavy atom. The van der Waals surface area contributed by atoms with E-state index in [-0.39, 0.29) is 5.22 Å². The molecule has 0 aliphatic rings. The minimum absolute atomic E-state index is 0.227. The summed E-state index contributed by atoms with van der Waals surface area (Å²) in [7, 11) is -1.27. The summed E-state index contributed by atoms with van der Waals surface area (Å²) >= 11 is 0. The molecule has 0 aliphatic heterocycles. The molecule has 0 bridgehead atoms. The first-order chi connectivity index (χ1) is 8.20. The largest absolute Gasteiger partial charge is 0.430 e. The third-order valence-electron chi connectivity index (χ3n) is 2.20. The lowest BCUT2D eigenvalue weighted by atomic mass is 10.3. The van der Waals surface area contributed by atoms with Crippen molar-refractivity contribution in [3.8, 4) is 0 Å². The van der Waals surface area contributed by atoms with Crippen molar-refractivity contribution in [2.75, 3.05) is 24.7 Å². The fourth-order valence-electron chi connectivity index (χ4n) is 1.39. The summed E-state index contributed by atoms with van der Waals surface area (Å²) in [5, 5.41) is 0.227. The van der Waals surface area contributed by atoms with Crippen molar-refractivity contribution in [1.82, 2.24) is 4.98 Å². The standard InChI is InChI=1S/C11H14N2O3S/c1-2-15-5-6-17(14)11-13-9-7-8(12)3-4-10(9)16-11/h3-4,7H,2,5-6,12H2,1H3. The summed E-state index contributed by atoms with van der Waals surface area (Å²) in [5.74, 6) is 0.385. The zero-order chi connectivity index (χ0) is 12.3. The maximum Gasteiger partial charge on any atom is 0.288 e. The molecule has 0 spiro atoms.